The van der Waals surface area contributed by atoms with Crippen molar-refractivity contribution in [2.24, 2.45) is 0 Å². The number of carbonyl (C=O) groups excluding carboxylic acids is 2. The van der Waals surface area contributed by atoms with E-state index < -0.39 is 0 Å². The highest BCUT2D eigenvalue weighted by Crippen LogP contribution is 2.25. The number of fused-ring (bicyclic) bond motifs is 1. The van der Waals surface area contributed by atoms with Crippen molar-refractivity contribution < 1.29 is 9.59 Å². The van der Waals surface area contributed by atoms with Gasteiger partial charge in [-0.3, -0.25) is 14.5 Å². The van der Waals surface area contributed by atoms with Gasteiger partial charge in [-0.2, -0.15) is 0 Å². The predicted octanol–water partition coefficient (Wildman–Crippen LogP) is 2.58. The summed E-state index contributed by atoms with van der Waals surface area (Å²) in [6.07, 6.45) is 2.08. The molecule has 1 atom stereocenters. The van der Waals surface area contributed by atoms with E-state index in [2.05, 4.69) is 34.0 Å². The average Bonchev–Trinajstić information content (AvgIpc) is 3.10. The molecule has 0 fully saturated rings. The van der Waals surface area contributed by atoms with Crippen LogP contribution in [0.25, 0.3) is 0 Å². The van der Waals surface area contributed by atoms with Crippen LogP contribution in [0.3, 0.4) is 0 Å². The summed E-state index contributed by atoms with van der Waals surface area (Å²) in [5.74, 6) is -0.220. The van der Waals surface area contributed by atoms with Crippen LogP contribution in [0.5, 0.6) is 0 Å². The van der Waals surface area contributed by atoms with Crippen LogP contribution in [0.4, 0.5) is 5.69 Å². The molecule has 0 bridgehead atoms. The number of para-hydroxylation sites is 1. The minimum Gasteiger partial charge on any atom is -0.349 e. The zero-order chi connectivity index (χ0) is 19.6. The monoisotopic (exact) mass is 368 g/mol. The SMILES string of the molecule is Cc1cccc(C)c1NC(=O)CN(C)C(=O)CN1CCn2cccc2C1C. The van der Waals surface area contributed by atoms with Gasteiger partial charge >= 0.3 is 0 Å². The molecule has 1 N–H and O–H groups in total. The molecule has 3 rings (SSSR count). The normalized spacial score (nSPS) is 16.7. The molecule has 27 heavy (non-hydrogen) atoms. The van der Waals surface area contributed by atoms with Gasteiger partial charge in [0.05, 0.1) is 13.1 Å². The van der Waals surface area contributed by atoms with Crippen molar-refractivity contribution in [1.29, 1.82) is 0 Å². The predicted molar refractivity (Wildman–Crippen MR) is 107 cm³/mol. The third-order valence-corrected chi connectivity index (χ3v) is 5.36. The number of nitrogens with one attached hydrogen (secondary N) is 1. The zero-order valence-electron chi connectivity index (χ0n) is 16.5. The fourth-order valence-corrected chi connectivity index (χ4v) is 3.63. The number of benzene rings is 1. The molecule has 1 aliphatic rings. The minimum atomic E-state index is -0.177. The van der Waals surface area contributed by atoms with Crippen molar-refractivity contribution in [3.63, 3.8) is 0 Å². The largest absolute Gasteiger partial charge is 0.349 e. The molecule has 0 saturated heterocycles. The van der Waals surface area contributed by atoms with Gasteiger partial charge in [-0.15, -0.1) is 0 Å². The van der Waals surface area contributed by atoms with Crippen molar-refractivity contribution in [1.82, 2.24) is 14.4 Å². The molecule has 144 valence electrons. The first-order valence-corrected chi connectivity index (χ1v) is 9.36. The van der Waals surface area contributed by atoms with Crippen molar-refractivity contribution in [2.45, 2.75) is 33.4 Å². The number of nitrogens with zero attached hydrogens (tertiary/aromatic N) is 3. The first kappa shape index (κ1) is 19.2. The summed E-state index contributed by atoms with van der Waals surface area (Å²) in [5, 5.41) is 2.94. The third-order valence-electron chi connectivity index (χ3n) is 5.36. The van der Waals surface area contributed by atoms with E-state index in [0.717, 1.165) is 29.9 Å². The summed E-state index contributed by atoms with van der Waals surface area (Å²) in [5.41, 5.74) is 4.09. The molecule has 0 saturated carbocycles. The molecule has 2 amide bonds. The van der Waals surface area contributed by atoms with Crippen LogP contribution in [0.2, 0.25) is 0 Å². The number of aryl methyl sites for hydroxylation is 2. The number of rotatable bonds is 5. The summed E-state index contributed by atoms with van der Waals surface area (Å²) in [7, 11) is 1.68. The highest BCUT2D eigenvalue weighted by atomic mass is 16.2. The Morgan fingerprint density at radius 2 is 1.85 bits per heavy atom. The van der Waals surface area contributed by atoms with E-state index in [-0.39, 0.29) is 24.4 Å². The molecule has 6 nitrogen and oxygen atoms in total. The van der Waals surface area contributed by atoms with Gasteiger partial charge in [0, 0.05) is 43.8 Å². The fraction of sp³-hybridized carbons (Fsp3) is 0.429. The van der Waals surface area contributed by atoms with Crippen LogP contribution < -0.4 is 5.32 Å². The molecule has 1 aromatic heterocycles. The summed E-state index contributed by atoms with van der Waals surface area (Å²) < 4.78 is 2.23. The maximum absolute atomic E-state index is 12.6. The van der Waals surface area contributed by atoms with Crippen molar-refractivity contribution in [3.05, 3.63) is 53.3 Å². The minimum absolute atomic E-state index is 0.0430. The second-order valence-electron chi connectivity index (χ2n) is 7.34. The molecular weight excluding hydrogens is 340 g/mol. The number of hydrogen-bond acceptors (Lipinski definition) is 3. The van der Waals surface area contributed by atoms with Crippen LogP contribution >= 0.6 is 0 Å². The lowest BCUT2D eigenvalue weighted by Gasteiger charge is -2.35. The Bertz CT molecular complexity index is 822. The van der Waals surface area contributed by atoms with E-state index in [1.165, 1.54) is 10.6 Å². The molecule has 1 unspecified atom stereocenters. The van der Waals surface area contributed by atoms with E-state index in [4.69, 9.17) is 0 Å². The number of aromatic nitrogens is 1. The van der Waals surface area contributed by atoms with Crippen molar-refractivity contribution >= 4 is 17.5 Å². The molecule has 0 spiro atoms. The number of hydrogen-bond donors (Lipinski definition) is 1. The van der Waals surface area contributed by atoms with Gasteiger partial charge in [0.25, 0.3) is 0 Å². The lowest BCUT2D eigenvalue weighted by Crippen LogP contribution is -2.45. The summed E-state index contributed by atoms with van der Waals surface area (Å²) >= 11 is 0. The first-order chi connectivity index (χ1) is 12.9. The number of likely N-dealkylation sites (N-methyl/N-ethyl adjacent to an activating group) is 1. The van der Waals surface area contributed by atoms with E-state index in [9.17, 15) is 9.59 Å². The summed E-state index contributed by atoms with van der Waals surface area (Å²) in [4.78, 5) is 28.7. The topological polar surface area (TPSA) is 57.6 Å². The molecular formula is C21H28N4O2. The Kier molecular flexibility index (Phi) is 5.65. The lowest BCUT2D eigenvalue weighted by molar-refractivity contribution is -0.135. The van der Waals surface area contributed by atoms with Crippen molar-refractivity contribution in [2.75, 3.05) is 32.0 Å². The Morgan fingerprint density at radius 1 is 1.15 bits per heavy atom. The van der Waals surface area contributed by atoms with E-state index in [0.29, 0.717) is 6.54 Å². The van der Waals surface area contributed by atoms with E-state index in [1.807, 2.05) is 38.1 Å². The second kappa shape index (κ2) is 7.96. The number of anilines is 1. The smallest absolute Gasteiger partial charge is 0.243 e. The third kappa shape index (κ3) is 4.22. The molecule has 2 heterocycles. The van der Waals surface area contributed by atoms with Gasteiger partial charge < -0.3 is 14.8 Å². The average molecular weight is 368 g/mol. The van der Waals surface area contributed by atoms with Gasteiger partial charge in [-0.05, 0) is 44.0 Å². The van der Waals surface area contributed by atoms with Gasteiger partial charge in [0.2, 0.25) is 11.8 Å². The standard InChI is InChI=1S/C21H28N4O2/c1-15-7-5-8-16(2)21(15)22-19(26)13-23(4)20(27)14-25-12-11-24-10-6-9-18(24)17(25)3/h5-10,17H,11-14H2,1-4H3,(H,22,26). The Hall–Kier alpha value is -2.60. The Labute approximate surface area is 160 Å². The Morgan fingerprint density at radius 3 is 2.56 bits per heavy atom. The number of amides is 2. The van der Waals surface area contributed by atoms with E-state index in [1.54, 1.807) is 7.05 Å². The van der Waals surface area contributed by atoms with E-state index >= 15 is 0 Å². The molecule has 1 aliphatic heterocycles. The van der Waals surface area contributed by atoms with Crippen LogP contribution in [-0.2, 0) is 16.1 Å². The van der Waals surface area contributed by atoms with Gasteiger partial charge in [-0.1, -0.05) is 18.2 Å². The maximum Gasteiger partial charge on any atom is 0.243 e. The van der Waals surface area contributed by atoms with Crippen molar-refractivity contribution in [3.8, 4) is 0 Å². The van der Waals surface area contributed by atoms with Gasteiger partial charge in [0.1, 0.15) is 0 Å². The van der Waals surface area contributed by atoms with Crippen LogP contribution in [-0.4, -0.2) is 52.9 Å². The van der Waals surface area contributed by atoms with Gasteiger partial charge in [0.15, 0.2) is 0 Å². The zero-order valence-corrected chi connectivity index (χ0v) is 16.5. The number of carbonyl (C=O) groups is 2. The first-order valence-electron chi connectivity index (χ1n) is 9.36. The van der Waals surface area contributed by atoms with Crippen LogP contribution in [0.15, 0.2) is 36.5 Å². The highest BCUT2D eigenvalue weighted by Gasteiger charge is 2.26. The summed E-state index contributed by atoms with van der Waals surface area (Å²) in [6, 6.07) is 10.2. The highest BCUT2D eigenvalue weighted by molar-refractivity contribution is 5.95. The fourth-order valence-electron chi connectivity index (χ4n) is 3.63. The molecule has 0 aliphatic carbocycles. The molecule has 0 radical (unpaired) electrons. The maximum atomic E-state index is 12.6. The Balaban J connectivity index is 1.56. The molecule has 1 aromatic carbocycles. The summed E-state index contributed by atoms with van der Waals surface area (Å²) in [6.45, 7) is 8.13. The van der Waals surface area contributed by atoms with Gasteiger partial charge in [-0.25, -0.2) is 0 Å². The van der Waals surface area contributed by atoms with Crippen LogP contribution in [0.1, 0.15) is 29.8 Å². The quantitative estimate of drug-likeness (QED) is 0.883. The molecule has 6 heteroatoms. The second-order valence-corrected chi connectivity index (χ2v) is 7.34. The molecule has 2 aromatic rings. The lowest BCUT2D eigenvalue weighted by atomic mass is 10.1. The van der Waals surface area contributed by atoms with Crippen LogP contribution in [0, 0.1) is 13.8 Å².